The maximum atomic E-state index is 12.5. The first-order chi connectivity index (χ1) is 13.4. The highest BCUT2D eigenvalue weighted by Crippen LogP contribution is 2.20. The Morgan fingerprint density at radius 1 is 0.964 bits per heavy atom. The summed E-state index contributed by atoms with van der Waals surface area (Å²) in [5, 5.41) is 6.17. The van der Waals surface area contributed by atoms with Crippen LogP contribution in [0.5, 0.6) is 0 Å². The van der Waals surface area contributed by atoms with E-state index < -0.39 is 5.91 Å². The van der Waals surface area contributed by atoms with Gasteiger partial charge in [0.25, 0.3) is 11.8 Å². The van der Waals surface area contributed by atoms with Crippen molar-refractivity contribution in [3.8, 4) is 0 Å². The number of carbonyl (C=O) groups is 2. The molecule has 0 aliphatic carbocycles. The molecule has 2 aromatic carbocycles. The zero-order chi connectivity index (χ0) is 20.1. The Hall–Kier alpha value is -3.18. The van der Waals surface area contributed by atoms with Crippen molar-refractivity contribution < 1.29 is 9.59 Å². The predicted molar refractivity (Wildman–Crippen MR) is 111 cm³/mol. The van der Waals surface area contributed by atoms with Gasteiger partial charge in [0.2, 0.25) is 0 Å². The quantitative estimate of drug-likeness (QED) is 0.668. The van der Waals surface area contributed by atoms with E-state index in [0.717, 1.165) is 16.7 Å². The number of amides is 2. The number of nitrogens with one attached hydrogen (secondary N) is 2. The Morgan fingerprint density at radius 2 is 1.75 bits per heavy atom. The van der Waals surface area contributed by atoms with Gasteiger partial charge in [0, 0.05) is 29.0 Å². The second-order valence-electron chi connectivity index (χ2n) is 6.46. The van der Waals surface area contributed by atoms with Gasteiger partial charge in [0.15, 0.2) is 0 Å². The van der Waals surface area contributed by atoms with Crippen molar-refractivity contribution in [2.24, 2.45) is 0 Å². The highest BCUT2D eigenvalue weighted by molar-refractivity contribution is 6.31. The smallest absolute Gasteiger partial charge is 0.274 e. The minimum atomic E-state index is -0.409. The van der Waals surface area contributed by atoms with Gasteiger partial charge in [-0.15, -0.1) is 0 Å². The zero-order valence-electron chi connectivity index (χ0n) is 15.6. The van der Waals surface area contributed by atoms with Crippen molar-refractivity contribution in [3.05, 3.63) is 93.8 Å². The topological polar surface area (TPSA) is 71.1 Å². The van der Waals surface area contributed by atoms with Crippen LogP contribution in [-0.4, -0.2) is 16.8 Å². The molecule has 2 N–H and O–H groups in total. The van der Waals surface area contributed by atoms with Crippen molar-refractivity contribution in [2.75, 3.05) is 5.32 Å². The number of anilines is 1. The molecular weight excluding hydrogens is 374 g/mol. The second-order valence-corrected chi connectivity index (χ2v) is 6.86. The molecule has 0 atom stereocenters. The number of aromatic nitrogens is 1. The highest BCUT2D eigenvalue weighted by Gasteiger charge is 2.13. The van der Waals surface area contributed by atoms with Crippen LogP contribution < -0.4 is 10.6 Å². The van der Waals surface area contributed by atoms with E-state index in [4.69, 9.17) is 11.6 Å². The molecule has 0 unspecified atom stereocenters. The largest absolute Gasteiger partial charge is 0.348 e. The molecule has 0 spiro atoms. The van der Waals surface area contributed by atoms with Crippen LogP contribution in [0.1, 0.15) is 37.5 Å². The standard InChI is InChI=1S/C22H20ClN3O2/c1-14-5-3-4-6-17(14)13-25-21(27)16-9-10-24-20(11-16)22(28)26-18-8-7-15(2)19(23)12-18/h3-12H,13H2,1-2H3,(H,25,27)(H,26,28). The van der Waals surface area contributed by atoms with Crippen molar-refractivity contribution in [2.45, 2.75) is 20.4 Å². The summed E-state index contributed by atoms with van der Waals surface area (Å²) in [6.07, 6.45) is 1.44. The maximum absolute atomic E-state index is 12.5. The molecule has 0 aliphatic heterocycles. The SMILES string of the molecule is Cc1ccc(NC(=O)c2cc(C(=O)NCc3ccccc3C)ccn2)cc1Cl. The van der Waals surface area contributed by atoms with Gasteiger partial charge in [-0.1, -0.05) is 41.9 Å². The fourth-order valence-corrected chi connectivity index (χ4v) is 2.83. The Morgan fingerprint density at radius 3 is 2.50 bits per heavy atom. The third-order valence-electron chi connectivity index (χ3n) is 4.39. The summed E-state index contributed by atoms with van der Waals surface area (Å²) >= 11 is 6.09. The summed E-state index contributed by atoms with van der Waals surface area (Å²) in [6.45, 7) is 4.29. The van der Waals surface area contributed by atoms with Crippen LogP contribution in [0.15, 0.2) is 60.8 Å². The molecule has 1 heterocycles. The Kier molecular flexibility index (Phi) is 6.06. The summed E-state index contributed by atoms with van der Waals surface area (Å²) in [6, 6.07) is 16.1. The molecule has 1 aromatic heterocycles. The van der Waals surface area contributed by atoms with E-state index in [0.29, 0.717) is 22.8 Å². The van der Waals surface area contributed by atoms with E-state index in [9.17, 15) is 9.59 Å². The third-order valence-corrected chi connectivity index (χ3v) is 4.79. The van der Waals surface area contributed by atoms with Crippen LogP contribution in [0.4, 0.5) is 5.69 Å². The molecule has 0 fully saturated rings. The average molecular weight is 394 g/mol. The van der Waals surface area contributed by atoms with Crippen LogP contribution in [0, 0.1) is 13.8 Å². The van der Waals surface area contributed by atoms with Crippen LogP contribution in [-0.2, 0) is 6.54 Å². The fraction of sp³-hybridized carbons (Fsp3) is 0.136. The Labute approximate surface area is 168 Å². The zero-order valence-corrected chi connectivity index (χ0v) is 16.4. The molecule has 5 nitrogen and oxygen atoms in total. The highest BCUT2D eigenvalue weighted by atomic mass is 35.5. The van der Waals surface area contributed by atoms with Gasteiger partial charge in [-0.25, -0.2) is 0 Å². The van der Waals surface area contributed by atoms with Crippen molar-refractivity contribution in [3.63, 3.8) is 0 Å². The lowest BCUT2D eigenvalue weighted by molar-refractivity contribution is 0.0950. The molecule has 2 amide bonds. The summed E-state index contributed by atoms with van der Waals surface area (Å²) in [5.74, 6) is -0.674. The number of nitrogens with zero attached hydrogens (tertiary/aromatic N) is 1. The third kappa shape index (κ3) is 4.75. The second kappa shape index (κ2) is 8.67. The van der Waals surface area contributed by atoms with E-state index in [1.807, 2.05) is 44.2 Å². The van der Waals surface area contributed by atoms with Gasteiger partial charge < -0.3 is 10.6 Å². The average Bonchev–Trinajstić information content (AvgIpc) is 2.70. The minimum Gasteiger partial charge on any atom is -0.348 e. The maximum Gasteiger partial charge on any atom is 0.274 e. The van der Waals surface area contributed by atoms with Gasteiger partial charge in [-0.05, 0) is 54.8 Å². The lowest BCUT2D eigenvalue weighted by atomic mass is 10.1. The Bertz CT molecular complexity index is 1030. The Balaban J connectivity index is 1.68. The van der Waals surface area contributed by atoms with E-state index in [1.54, 1.807) is 18.2 Å². The molecule has 28 heavy (non-hydrogen) atoms. The number of aryl methyl sites for hydroxylation is 2. The van der Waals surface area contributed by atoms with E-state index >= 15 is 0 Å². The summed E-state index contributed by atoms with van der Waals surface area (Å²) in [7, 11) is 0. The molecule has 6 heteroatoms. The summed E-state index contributed by atoms with van der Waals surface area (Å²) in [5.41, 5.74) is 4.16. The summed E-state index contributed by atoms with van der Waals surface area (Å²) < 4.78 is 0. The number of benzene rings is 2. The first kappa shape index (κ1) is 19.6. The molecule has 0 saturated carbocycles. The predicted octanol–water partition coefficient (Wildman–Crippen LogP) is 4.53. The minimum absolute atomic E-state index is 0.153. The number of rotatable bonds is 5. The molecule has 0 aliphatic rings. The molecule has 0 bridgehead atoms. The number of hydrogen-bond donors (Lipinski definition) is 2. The molecule has 0 radical (unpaired) electrons. The fourth-order valence-electron chi connectivity index (χ4n) is 2.65. The summed E-state index contributed by atoms with van der Waals surface area (Å²) in [4.78, 5) is 29.0. The number of pyridine rings is 1. The van der Waals surface area contributed by atoms with E-state index in [-0.39, 0.29) is 11.6 Å². The van der Waals surface area contributed by atoms with Crippen LogP contribution in [0.2, 0.25) is 5.02 Å². The van der Waals surface area contributed by atoms with Gasteiger partial charge in [-0.2, -0.15) is 0 Å². The monoisotopic (exact) mass is 393 g/mol. The molecule has 3 rings (SSSR count). The van der Waals surface area contributed by atoms with Crippen LogP contribution in [0.25, 0.3) is 0 Å². The van der Waals surface area contributed by atoms with Crippen LogP contribution >= 0.6 is 11.6 Å². The van der Waals surface area contributed by atoms with Gasteiger partial charge in [0.1, 0.15) is 5.69 Å². The first-order valence-corrected chi connectivity index (χ1v) is 9.18. The van der Waals surface area contributed by atoms with E-state index in [1.165, 1.54) is 12.3 Å². The van der Waals surface area contributed by atoms with Gasteiger partial charge in [-0.3, -0.25) is 14.6 Å². The van der Waals surface area contributed by atoms with E-state index in [2.05, 4.69) is 15.6 Å². The number of carbonyl (C=O) groups excluding carboxylic acids is 2. The normalized spacial score (nSPS) is 10.4. The lowest BCUT2D eigenvalue weighted by Crippen LogP contribution is -2.24. The van der Waals surface area contributed by atoms with Gasteiger partial charge >= 0.3 is 0 Å². The molecule has 0 saturated heterocycles. The molecular formula is C22H20ClN3O2. The van der Waals surface area contributed by atoms with Crippen molar-refractivity contribution >= 4 is 29.1 Å². The van der Waals surface area contributed by atoms with Crippen LogP contribution in [0.3, 0.4) is 0 Å². The number of hydrogen-bond acceptors (Lipinski definition) is 3. The first-order valence-electron chi connectivity index (χ1n) is 8.80. The molecule has 3 aromatic rings. The number of halogens is 1. The molecule has 142 valence electrons. The van der Waals surface area contributed by atoms with Crippen molar-refractivity contribution in [1.29, 1.82) is 0 Å². The lowest BCUT2D eigenvalue weighted by Gasteiger charge is -2.09. The van der Waals surface area contributed by atoms with Gasteiger partial charge in [0.05, 0.1) is 0 Å². The van der Waals surface area contributed by atoms with Crippen molar-refractivity contribution in [1.82, 2.24) is 10.3 Å².